The maximum absolute atomic E-state index is 11.7. The van der Waals surface area contributed by atoms with E-state index in [9.17, 15) is 4.79 Å². The normalized spacial score (nSPS) is 10.1. The van der Waals surface area contributed by atoms with Gasteiger partial charge < -0.3 is 4.74 Å². The first-order valence-corrected chi connectivity index (χ1v) is 6.44. The van der Waals surface area contributed by atoms with Crippen LogP contribution in [-0.4, -0.2) is 13.1 Å². The van der Waals surface area contributed by atoms with Gasteiger partial charge in [0.25, 0.3) is 0 Å². The molecule has 0 saturated heterocycles. The summed E-state index contributed by atoms with van der Waals surface area (Å²) >= 11 is 1.57. The van der Waals surface area contributed by atoms with Gasteiger partial charge in [-0.1, -0.05) is 41.6 Å². The first-order valence-electron chi connectivity index (χ1n) is 5.62. The standard InChI is InChI=1S/C15H14O2S/c1-11-8-9-14(13(10-11)15(16)17-2)18-12-6-4-3-5-7-12/h3-10H,1-2H3. The Labute approximate surface area is 111 Å². The Morgan fingerprint density at radius 2 is 1.83 bits per heavy atom. The van der Waals surface area contributed by atoms with Crippen LogP contribution in [0.25, 0.3) is 0 Å². The fourth-order valence-corrected chi connectivity index (χ4v) is 2.55. The molecule has 2 rings (SSSR count). The average Bonchev–Trinajstić information content (AvgIpc) is 2.41. The molecule has 0 aliphatic heterocycles. The Hall–Kier alpha value is -1.74. The largest absolute Gasteiger partial charge is 0.465 e. The highest BCUT2D eigenvalue weighted by atomic mass is 32.2. The zero-order chi connectivity index (χ0) is 13.0. The van der Waals surface area contributed by atoms with Crippen molar-refractivity contribution in [2.24, 2.45) is 0 Å². The minimum atomic E-state index is -0.294. The van der Waals surface area contributed by atoms with Crippen LogP contribution in [0.4, 0.5) is 0 Å². The Morgan fingerprint density at radius 3 is 2.50 bits per heavy atom. The molecule has 0 atom stereocenters. The summed E-state index contributed by atoms with van der Waals surface area (Å²) < 4.78 is 4.82. The monoisotopic (exact) mass is 258 g/mol. The summed E-state index contributed by atoms with van der Waals surface area (Å²) in [6.45, 7) is 1.96. The molecule has 0 bridgehead atoms. The smallest absolute Gasteiger partial charge is 0.339 e. The Morgan fingerprint density at radius 1 is 1.11 bits per heavy atom. The summed E-state index contributed by atoms with van der Waals surface area (Å²) in [5.74, 6) is -0.294. The van der Waals surface area contributed by atoms with Crippen molar-refractivity contribution in [2.45, 2.75) is 16.7 Å². The Kier molecular flexibility index (Phi) is 4.05. The lowest BCUT2D eigenvalue weighted by molar-refractivity contribution is 0.0596. The lowest BCUT2D eigenvalue weighted by atomic mass is 10.1. The van der Waals surface area contributed by atoms with Gasteiger partial charge in [-0.15, -0.1) is 0 Å². The second kappa shape index (κ2) is 5.74. The van der Waals surface area contributed by atoms with Gasteiger partial charge in [0.15, 0.2) is 0 Å². The maximum Gasteiger partial charge on any atom is 0.339 e. The molecule has 0 amide bonds. The van der Waals surface area contributed by atoms with Gasteiger partial charge in [-0.2, -0.15) is 0 Å². The molecule has 0 spiro atoms. The van der Waals surface area contributed by atoms with Crippen LogP contribution in [0.3, 0.4) is 0 Å². The predicted octanol–water partition coefficient (Wildman–Crippen LogP) is 3.93. The summed E-state index contributed by atoms with van der Waals surface area (Å²) in [6, 6.07) is 15.8. The van der Waals surface area contributed by atoms with Crippen molar-refractivity contribution in [3.05, 3.63) is 59.7 Å². The number of aryl methyl sites for hydroxylation is 1. The Balaban J connectivity index is 2.35. The fourth-order valence-electron chi connectivity index (χ4n) is 1.62. The summed E-state index contributed by atoms with van der Waals surface area (Å²) in [5, 5.41) is 0. The van der Waals surface area contributed by atoms with E-state index in [4.69, 9.17) is 4.74 Å². The van der Waals surface area contributed by atoms with Crippen molar-refractivity contribution < 1.29 is 9.53 Å². The average molecular weight is 258 g/mol. The second-order valence-electron chi connectivity index (χ2n) is 3.91. The van der Waals surface area contributed by atoms with E-state index in [1.54, 1.807) is 11.8 Å². The van der Waals surface area contributed by atoms with Crippen LogP contribution >= 0.6 is 11.8 Å². The number of carbonyl (C=O) groups excluding carboxylic acids is 1. The number of hydrogen-bond acceptors (Lipinski definition) is 3. The minimum absolute atomic E-state index is 0.294. The van der Waals surface area contributed by atoms with Crippen molar-refractivity contribution >= 4 is 17.7 Å². The molecule has 2 aromatic carbocycles. The molecule has 0 aliphatic rings. The van der Waals surface area contributed by atoms with Crippen LogP contribution in [0.15, 0.2) is 58.3 Å². The molecule has 0 aliphatic carbocycles. The first-order chi connectivity index (χ1) is 8.70. The molecule has 0 unspecified atom stereocenters. The number of benzene rings is 2. The van der Waals surface area contributed by atoms with Gasteiger partial charge in [0, 0.05) is 9.79 Å². The van der Waals surface area contributed by atoms with Gasteiger partial charge in [0.1, 0.15) is 0 Å². The van der Waals surface area contributed by atoms with Crippen LogP contribution < -0.4 is 0 Å². The van der Waals surface area contributed by atoms with Gasteiger partial charge in [0.2, 0.25) is 0 Å². The number of rotatable bonds is 3. The van der Waals surface area contributed by atoms with Gasteiger partial charge in [-0.05, 0) is 31.2 Å². The highest BCUT2D eigenvalue weighted by Gasteiger charge is 2.12. The van der Waals surface area contributed by atoms with Crippen LogP contribution in [0, 0.1) is 6.92 Å². The van der Waals surface area contributed by atoms with Crippen molar-refractivity contribution in [1.82, 2.24) is 0 Å². The van der Waals surface area contributed by atoms with Gasteiger partial charge >= 0.3 is 5.97 Å². The quantitative estimate of drug-likeness (QED) is 0.780. The molecule has 92 valence electrons. The van der Waals surface area contributed by atoms with E-state index in [0.29, 0.717) is 5.56 Å². The molecule has 0 radical (unpaired) electrons. The van der Waals surface area contributed by atoms with Gasteiger partial charge in [-0.25, -0.2) is 4.79 Å². The number of ether oxygens (including phenoxy) is 1. The van der Waals surface area contributed by atoms with E-state index >= 15 is 0 Å². The molecule has 18 heavy (non-hydrogen) atoms. The molecule has 0 N–H and O–H groups in total. The van der Waals surface area contributed by atoms with Crippen LogP contribution in [-0.2, 0) is 4.74 Å². The van der Waals surface area contributed by atoms with E-state index < -0.39 is 0 Å². The SMILES string of the molecule is COC(=O)c1cc(C)ccc1Sc1ccccc1. The zero-order valence-corrected chi connectivity index (χ0v) is 11.2. The molecule has 3 heteroatoms. The third-order valence-electron chi connectivity index (χ3n) is 2.51. The highest BCUT2D eigenvalue weighted by molar-refractivity contribution is 7.99. The summed E-state index contributed by atoms with van der Waals surface area (Å²) in [7, 11) is 1.40. The van der Waals surface area contributed by atoms with Crippen LogP contribution in [0.1, 0.15) is 15.9 Å². The van der Waals surface area contributed by atoms with Crippen molar-refractivity contribution in [3.63, 3.8) is 0 Å². The third kappa shape index (κ3) is 2.93. The lowest BCUT2D eigenvalue weighted by Crippen LogP contribution is -2.03. The van der Waals surface area contributed by atoms with Crippen molar-refractivity contribution in [1.29, 1.82) is 0 Å². The number of carbonyl (C=O) groups is 1. The molecule has 0 heterocycles. The minimum Gasteiger partial charge on any atom is -0.465 e. The van der Waals surface area contributed by atoms with E-state index in [1.165, 1.54) is 7.11 Å². The fraction of sp³-hybridized carbons (Fsp3) is 0.133. The van der Waals surface area contributed by atoms with Crippen LogP contribution in [0.2, 0.25) is 0 Å². The van der Waals surface area contributed by atoms with E-state index in [2.05, 4.69) is 0 Å². The zero-order valence-electron chi connectivity index (χ0n) is 10.3. The predicted molar refractivity (Wildman–Crippen MR) is 73.1 cm³/mol. The van der Waals surface area contributed by atoms with Gasteiger partial charge in [-0.3, -0.25) is 0 Å². The molecular weight excluding hydrogens is 244 g/mol. The maximum atomic E-state index is 11.7. The molecule has 0 fully saturated rings. The molecule has 0 saturated carbocycles. The summed E-state index contributed by atoms with van der Waals surface area (Å²) in [6.07, 6.45) is 0. The van der Waals surface area contributed by atoms with Crippen molar-refractivity contribution in [3.8, 4) is 0 Å². The third-order valence-corrected chi connectivity index (χ3v) is 3.60. The number of methoxy groups -OCH3 is 1. The molecular formula is C15H14O2S. The van der Waals surface area contributed by atoms with E-state index in [1.807, 2.05) is 55.5 Å². The Bertz CT molecular complexity index is 550. The lowest BCUT2D eigenvalue weighted by Gasteiger charge is -2.08. The van der Waals surface area contributed by atoms with Gasteiger partial charge in [0.05, 0.1) is 12.7 Å². The first kappa shape index (κ1) is 12.7. The summed E-state index contributed by atoms with van der Waals surface area (Å²) in [5.41, 5.74) is 1.67. The molecule has 2 aromatic rings. The summed E-state index contributed by atoms with van der Waals surface area (Å²) in [4.78, 5) is 13.8. The van der Waals surface area contributed by atoms with E-state index in [0.717, 1.165) is 15.4 Å². The highest BCUT2D eigenvalue weighted by Crippen LogP contribution is 2.31. The van der Waals surface area contributed by atoms with Crippen LogP contribution in [0.5, 0.6) is 0 Å². The van der Waals surface area contributed by atoms with E-state index in [-0.39, 0.29) is 5.97 Å². The molecule has 2 nitrogen and oxygen atoms in total. The number of hydrogen-bond donors (Lipinski definition) is 0. The number of esters is 1. The van der Waals surface area contributed by atoms with Crippen molar-refractivity contribution in [2.75, 3.05) is 7.11 Å². The topological polar surface area (TPSA) is 26.3 Å². The second-order valence-corrected chi connectivity index (χ2v) is 5.02. The molecule has 0 aromatic heterocycles.